The van der Waals surface area contributed by atoms with Gasteiger partial charge in [0.2, 0.25) is 0 Å². The Kier molecular flexibility index (Phi) is 18.5. The van der Waals surface area contributed by atoms with Gasteiger partial charge in [0.1, 0.15) is 0 Å². The summed E-state index contributed by atoms with van der Waals surface area (Å²) < 4.78 is 0. The van der Waals surface area contributed by atoms with Crippen molar-refractivity contribution in [1.29, 1.82) is 0 Å². The third-order valence-electron chi connectivity index (χ3n) is 1.52. The van der Waals surface area contributed by atoms with E-state index in [-0.39, 0.29) is 26.8 Å². The fourth-order valence-corrected chi connectivity index (χ4v) is 0.472. The molecule has 0 aliphatic heterocycles. The van der Waals surface area contributed by atoms with Gasteiger partial charge in [-0.05, 0) is 38.3 Å². The molecule has 0 saturated heterocycles. The molecule has 0 amide bonds. The summed E-state index contributed by atoms with van der Waals surface area (Å²) in [6.45, 7) is 8.83. The summed E-state index contributed by atoms with van der Waals surface area (Å²) >= 11 is 0. The van der Waals surface area contributed by atoms with Crippen molar-refractivity contribution in [3.63, 3.8) is 0 Å². The minimum Gasteiger partial charge on any atom is -0.462 e. The predicted octanol–water partition coefficient (Wildman–Crippen LogP) is 1.10. The van der Waals surface area contributed by atoms with Crippen LogP contribution in [0.4, 0.5) is 0 Å². The van der Waals surface area contributed by atoms with Crippen LogP contribution in [0.3, 0.4) is 0 Å². The molecule has 0 rings (SSSR count). The minimum atomic E-state index is -0.0250. The average Bonchev–Trinajstić information content (AvgIpc) is 2.04. The summed E-state index contributed by atoms with van der Waals surface area (Å²) in [4.78, 5) is 12.1. The fourth-order valence-electron chi connectivity index (χ4n) is 0.472. The summed E-state index contributed by atoms with van der Waals surface area (Å²) in [6, 6.07) is 0. The second-order valence-electron chi connectivity index (χ2n) is 3.26. The van der Waals surface area contributed by atoms with E-state index in [2.05, 4.69) is 20.9 Å². The molecule has 0 aliphatic carbocycles. The Balaban J connectivity index is -0.000000177. The Hall–Kier alpha value is 0.148. The smallest absolute Gasteiger partial charge is 0.462 e. The maximum atomic E-state index is 10.2. The molecule has 0 spiro atoms. The molecule has 0 fully saturated rings. The van der Waals surface area contributed by atoms with Crippen LogP contribution in [0.25, 0.3) is 0 Å². The van der Waals surface area contributed by atoms with Crippen molar-refractivity contribution in [2.75, 3.05) is 20.1 Å². The second-order valence-corrected chi connectivity index (χ2v) is 3.26. The number of ketones is 1. The van der Waals surface area contributed by atoms with Gasteiger partial charge in [-0.3, -0.25) is 7.05 Å². The molecule has 2 N–H and O–H groups in total. The number of carbonyl (C=O) groups is 1. The number of rotatable bonds is 4. The van der Waals surface area contributed by atoms with E-state index in [0.29, 0.717) is 18.9 Å². The normalized spacial score (nSPS) is 11.0. The number of nitrogens with zero attached hydrogens (tertiary/aromatic N) is 1. The van der Waals surface area contributed by atoms with Crippen LogP contribution < -0.4 is 5.73 Å². The molecule has 0 aliphatic rings. The van der Waals surface area contributed by atoms with Crippen LogP contribution in [-0.2, 0) is 25.9 Å². The van der Waals surface area contributed by atoms with Crippen LogP contribution in [0.2, 0.25) is 0 Å². The molecule has 0 radical (unpaired) electrons. The number of hydrogen-bond donors (Lipinski definition) is 1. The molecule has 0 aromatic carbocycles. The Morgan fingerprint density at radius 1 is 1.57 bits per heavy atom. The third-order valence-corrected chi connectivity index (χ3v) is 1.52. The van der Waals surface area contributed by atoms with Gasteiger partial charge in [-0.1, -0.05) is 13.8 Å². The zero-order chi connectivity index (χ0) is 10.9. The Labute approximate surface area is 103 Å². The number of carbonyl (C=O) groups excluding carboxylic acids is 1. The third kappa shape index (κ3) is 22.7. The first-order chi connectivity index (χ1) is 5.93. The van der Waals surface area contributed by atoms with E-state index < -0.39 is 0 Å². The van der Waals surface area contributed by atoms with Crippen LogP contribution in [0, 0.1) is 19.9 Å². The molecule has 0 bridgehead atoms. The van der Waals surface area contributed by atoms with Crippen molar-refractivity contribution in [2.45, 2.75) is 20.3 Å². The summed E-state index contributed by atoms with van der Waals surface area (Å²) in [7, 11) is 5.53. The van der Waals surface area contributed by atoms with Crippen molar-refractivity contribution in [2.24, 2.45) is 11.7 Å². The van der Waals surface area contributed by atoms with Crippen molar-refractivity contribution in [1.82, 2.24) is 4.90 Å². The van der Waals surface area contributed by atoms with Crippen molar-refractivity contribution < 1.29 is 25.9 Å². The molecule has 1 unspecified atom stereocenters. The van der Waals surface area contributed by atoms with Gasteiger partial charge in [0.25, 0.3) is 0 Å². The first-order valence-electron chi connectivity index (χ1n) is 4.50. The molecule has 0 heterocycles. The zero-order valence-electron chi connectivity index (χ0n) is 9.45. The summed E-state index contributed by atoms with van der Waals surface area (Å²) in [5.41, 5.74) is 5.24. The molecular weight excluding hydrogens is 348 g/mol. The molecular formula is C10H22N2OW. The molecule has 14 heavy (non-hydrogen) atoms. The van der Waals surface area contributed by atoms with E-state index >= 15 is 0 Å². The molecule has 0 saturated carbocycles. The first-order valence-corrected chi connectivity index (χ1v) is 4.50. The molecule has 0 aromatic rings. The van der Waals surface area contributed by atoms with Gasteiger partial charge in [-0.15, -0.1) is 0 Å². The van der Waals surface area contributed by atoms with E-state index in [1.54, 1.807) is 0 Å². The standard InChI is InChI=1S/C6H12NO.C4H10N.W/c1-5(4-7)3-6(2)8;1-4-5(2)3;/h5H,2-4,7H2,1H3;2,4H2,1,3H3;/q2*-1;+2. The van der Waals surface area contributed by atoms with E-state index in [1.807, 2.05) is 18.9 Å². The fraction of sp³-hybridized carbons (Fsp3) is 0.700. The van der Waals surface area contributed by atoms with Gasteiger partial charge in [-0.2, -0.15) is 0 Å². The van der Waals surface area contributed by atoms with Gasteiger partial charge in [0.15, 0.2) is 0 Å². The van der Waals surface area contributed by atoms with Gasteiger partial charge >= 0.3 is 21.1 Å². The van der Waals surface area contributed by atoms with E-state index in [9.17, 15) is 4.79 Å². The summed E-state index contributed by atoms with van der Waals surface area (Å²) in [6.07, 6.45) is 0.510. The topological polar surface area (TPSA) is 46.3 Å². The van der Waals surface area contributed by atoms with Crippen LogP contribution >= 0.6 is 0 Å². The molecule has 1 atom stereocenters. The van der Waals surface area contributed by atoms with Crippen molar-refractivity contribution in [3.05, 3.63) is 14.0 Å². The maximum absolute atomic E-state index is 10.2. The van der Waals surface area contributed by atoms with Crippen LogP contribution in [-0.4, -0.2) is 30.8 Å². The largest absolute Gasteiger partial charge is 2.00 e. The molecule has 4 heteroatoms. The van der Waals surface area contributed by atoms with Crippen molar-refractivity contribution >= 4 is 5.78 Å². The Morgan fingerprint density at radius 3 is 2.00 bits per heavy atom. The molecule has 3 nitrogen and oxygen atoms in total. The van der Waals surface area contributed by atoms with Crippen molar-refractivity contribution in [3.8, 4) is 0 Å². The number of hydrogen-bond acceptors (Lipinski definition) is 3. The summed E-state index contributed by atoms with van der Waals surface area (Å²) in [5, 5.41) is 0. The second kappa shape index (κ2) is 13.1. The van der Waals surface area contributed by atoms with E-state index in [0.717, 1.165) is 6.54 Å². The minimum absolute atomic E-state index is 0. The Morgan fingerprint density at radius 2 is 1.93 bits per heavy atom. The summed E-state index contributed by atoms with van der Waals surface area (Å²) in [5.74, 6) is 0.267. The van der Waals surface area contributed by atoms with Gasteiger partial charge in [0.05, 0.1) is 0 Å². The maximum Gasteiger partial charge on any atom is 2.00 e. The SMILES string of the molecule is [CH2-]C(=O)CC(C)CN.[CH2-]N(C)CC.[W+2]. The van der Waals surface area contributed by atoms with E-state index in [4.69, 9.17) is 5.73 Å². The first kappa shape index (κ1) is 19.7. The van der Waals surface area contributed by atoms with Crippen LogP contribution in [0.5, 0.6) is 0 Å². The van der Waals surface area contributed by atoms with Gasteiger partial charge in [0, 0.05) is 0 Å². The number of Topliss-reactive ketones (excluding diaryl/α,β-unsaturated/α-hetero) is 1. The Bertz CT molecular complexity index is 129. The molecule has 84 valence electrons. The van der Waals surface area contributed by atoms with Gasteiger partial charge < -0.3 is 22.4 Å². The monoisotopic (exact) mass is 370 g/mol. The van der Waals surface area contributed by atoms with Crippen LogP contribution in [0.15, 0.2) is 0 Å². The van der Waals surface area contributed by atoms with Gasteiger partial charge in [-0.25, -0.2) is 0 Å². The number of nitrogens with two attached hydrogens (primary N) is 1. The predicted molar refractivity (Wildman–Crippen MR) is 56.9 cm³/mol. The van der Waals surface area contributed by atoms with E-state index in [1.165, 1.54) is 0 Å². The average molecular weight is 370 g/mol. The zero-order valence-corrected chi connectivity index (χ0v) is 12.4. The van der Waals surface area contributed by atoms with Crippen LogP contribution in [0.1, 0.15) is 20.3 Å². The molecule has 0 aromatic heterocycles. The quantitative estimate of drug-likeness (QED) is 0.755.